The molecular weight excluding hydrogens is 431 g/mol. The number of methoxy groups -OCH3 is 1. The van der Waals surface area contributed by atoms with Crippen molar-refractivity contribution in [2.45, 2.75) is 0 Å². The first kappa shape index (κ1) is 17.2. The van der Waals surface area contributed by atoms with Crippen molar-refractivity contribution in [3.63, 3.8) is 0 Å². The predicted molar refractivity (Wildman–Crippen MR) is 106 cm³/mol. The minimum Gasteiger partial charge on any atom is -0.507 e. The van der Waals surface area contributed by atoms with E-state index in [4.69, 9.17) is 4.74 Å². The molecule has 0 fully saturated rings. The molecule has 0 bridgehead atoms. The highest BCUT2D eigenvalue weighted by Gasteiger charge is 2.11. The molecule has 0 unspecified atom stereocenters. The molecule has 126 valence electrons. The Balaban J connectivity index is 1.76. The molecule has 0 aliphatic rings. The molecule has 1 amide bonds. The molecule has 2 N–H and O–H groups in total. The van der Waals surface area contributed by atoms with E-state index < -0.39 is 5.91 Å². The zero-order chi connectivity index (χ0) is 17.8. The van der Waals surface area contributed by atoms with E-state index >= 15 is 0 Å². The Morgan fingerprint density at radius 2 is 1.88 bits per heavy atom. The summed E-state index contributed by atoms with van der Waals surface area (Å²) in [4.78, 5) is 12.3. The number of ether oxygens (including phenoxy) is 1. The van der Waals surface area contributed by atoms with Gasteiger partial charge in [-0.3, -0.25) is 4.79 Å². The lowest BCUT2D eigenvalue weighted by atomic mass is 10.1. The number of amides is 1. The fraction of sp³-hybridized carbons (Fsp3) is 0.0526. The second-order valence-electron chi connectivity index (χ2n) is 5.31. The van der Waals surface area contributed by atoms with Crippen molar-refractivity contribution in [3.05, 3.63) is 69.3 Å². The first-order valence-electron chi connectivity index (χ1n) is 7.47. The molecule has 0 aliphatic carbocycles. The molecule has 25 heavy (non-hydrogen) atoms. The predicted octanol–water partition coefficient (Wildman–Crippen LogP) is 3.92. The molecule has 0 atom stereocenters. The second-order valence-corrected chi connectivity index (χ2v) is 6.47. The molecule has 3 rings (SSSR count). The molecule has 0 spiro atoms. The van der Waals surface area contributed by atoms with Gasteiger partial charge in [-0.2, -0.15) is 5.10 Å². The number of hydrazone groups is 1. The van der Waals surface area contributed by atoms with Crippen LogP contribution in [-0.2, 0) is 0 Å². The minimum atomic E-state index is -0.470. The summed E-state index contributed by atoms with van der Waals surface area (Å²) in [6.45, 7) is 0. The average Bonchev–Trinajstić information content (AvgIpc) is 2.61. The molecule has 0 aromatic heterocycles. The van der Waals surface area contributed by atoms with Crippen LogP contribution in [0.25, 0.3) is 10.8 Å². The van der Waals surface area contributed by atoms with Gasteiger partial charge < -0.3 is 9.84 Å². The van der Waals surface area contributed by atoms with Crippen molar-refractivity contribution in [1.29, 1.82) is 0 Å². The van der Waals surface area contributed by atoms with Crippen molar-refractivity contribution < 1.29 is 14.6 Å². The summed E-state index contributed by atoms with van der Waals surface area (Å²) in [7, 11) is 1.61. The Morgan fingerprint density at radius 3 is 2.56 bits per heavy atom. The Labute approximate surface area is 158 Å². The minimum absolute atomic E-state index is 0.0783. The van der Waals surface area contributed by atoms with Crippen LogP contribution in [0.1, 0.15) is 15.9 Å². The third kappa shape index (κ3) is 3.90. The summed E-state index contributed by atoms with van der Waals surface area (Å²) < 4.78 is 6.15. The van der Waals surface area contributed by atoms with Gasteiger partial charge in [-0.25, -0.2) is 5.43 Å². The molecule has 0 saturated carbocycles. The van der Waals surface area contributed by atoms with Gasteiger partial charge in [0.2, 0.25) is 0 Å². The third-order valence-electron chi connectivity index (χ3n) is 3.66. The van der Waals surface area contributed by atoms with Crippen molar-refractivity contribution in [3.8, 4) is 11.5 Å². The molecule has 0 heterocycles. The quantitative estimate of drug-likeness (QED) is 0.363. The summed E-state index contributed by atoms with van der Waals surface area (Å²) in [6, 6.07) is 16.3. The van der Waals surface area contributed by atoms with E-state index in [0.29, 0.717) is 0 Å². The lowest BCUT2D eigenvalue weighted by molar-refractivity contribution is 0.0952. The number of carbonyl (C=O) groups excluding carboxylic acids is 1. The SMILES string of the molecule is COc1ccc(C=NNC(=O)c2cc3ccccc3cc2O)cc1I. The van der Waals surface area contributed by atoms with E-state index in [-0.39, 0.29) is 11.3 Å². The summed E-state index contributed by atoms with van der Waals surface area (Å²) in [5.41, 5.74) is 3.45. The number of phenolic OH excluding ortho intramolecular Hbond substituents is 1. The molecule has 3 aromatic carbocycles. The summed E-state index contributed by atoms with van der Waals surface area (Å²) in [5.74, 6) is 0.232. The number of rotatable bonds is 4. The largest absolute Gasteiger partial charge is 0.507 e. The Morgan fingerprint density at radius 1 is 1.16 bits per heavy atom. The van der Waals surface area contributed by atoms with Gasteiger partial charge in [-0.15, -0.1) is 0 Å². The zero-order valence-corrected chi connectivity index (χ0v) is 15.5. The normalized spacial score (nSPS) is 11.0. The number of benzene rings is 3. The van der Waals surface area contributed by atoms with Crippen LogP contribution in [0.3, 0.4) is 0 Å². The van der Waals surface area contributed by atoms with Gasteiger partial charge in [0.05, 0.1) is 22.5 Å². The molecular formula is C19H15IN2O3. The first-order chi connectivity index (χ1) is 12.1. The van der Waals surface area contributed by atoms with Gasteiger partial charge in [-0.05, 0) is 69.3 Å². The number of halogens is 1. The smallest absolute Gasteiger partial charge is 0.275 e. The van der Waals surface area contributed by atoms with E-state index in [1.807, 2.05) is 42.5 Å². The lowest BCUT2D eigenvalue weighted by Crippen LogP contribution is -2.17. The maximum absolute atomic E-state index is 12.3. The van der Waals surface area contributed by atoms with E-state index in [1.54, 1.807) is 19.2 Å². The number of nitrogens with one attached hydrogen (secondary N) is 1. The monoisotopic (exact) mass is 446 g/mol. The fourth-order valence-electron chi connectivity index (χ4n) is 2.40. The van der Waals surface area contributed by atoms with Crippen LogP contribution in [0.5, 0.6) is 11.5 Å². The van der Waals surface area contributed by atoms with Crippen molar-refractivity contribution in [2.75, 3.05) is 7.11 Å². The van der Waals surface area contributed by atoms with Gasteiger partial charge in [0.25, 0.3) is 5.91 Å². The summed E-state index contributed by atoms with van der Waals surface area (Å²) in [6.07, 6.45) is 1.54. The maximum atomic E-state index is 12.3. The maximum Gasteiger partial charge on any atom is 0.275 e. The topological polar surface area (TPSA) is 70.9 Å². The fourth-order valence-corrected chi connectivity index (χ4v) is 3.16. The van der Waals surface area contributed by atoms with Crippen LogP contribution in [0.15, 0.2) is 59.7 Å². The standard InChI is InChI=1S/C19H15IN2O3/c1-25-18-7-6-12(8-16(18)20)11-21-22-19(24)15-9-13-4-2-3-5-14(13)10-17(15)23/h2-11,23H,1H3,(H,22,24). The summed E-state index contributed by atoms with van der Waals surface area (Å²) >= 11 is 2.17. The zero-order valence-electron chi connectivity index (χ0n) is 13.4. The number of nitrogens with zero attached hydrogens (tertiary/aromatic N) is 1. The van der Waals surface area contributed by atoms with Crippen LogP contribution >= 0.6 is 22.6 Å². The van der Waals surface area contributed by atoms with Gasteiger partial charge in [0.15, 0.2) is 0 Å². The van der Waals surface area contributed by atoms with Crippen LogP contribution in [0.2, 0.25) is 0 Å². The number of carbonyl (C=O) groups is 1. The molecule has 0 saturated heterocycles. The van der Waals surface area contributed by atoms with E-state index in [9.17, 15) is 9.90 Å². The van der Waals surface area contributed by atoms with Gasteiger partial charge in [0, 0.05) is 0 Å². The highest BCUT2D eigenvalue weighted by atomic mass is 127. The number of hydrogen-bond donors (Lipinski definition) is 2. The lowest BCUT2D eigenvalue weighted by Gasteiger charge is -2.06. The van der Waals surface area contributed by atoms with Crippen LogP contribution in [-0.4, -0.2) is 24.3 Å². The van der Waals surface area contributed by atoms with Gasteiger partial charge in [-0.1, -0.05) is 24.3 Å². The van der Waals surface area contributed by atoms with Crippen molar-refractivity contribution >= 4 is 45.5 Å². The Bertz CT molecular complexity index is 970. The van der Waals surface area contributed by atoms with Crippen molar-refractivity contribution in [1.82, 2.24) is 5.43 Å². The van der Waals surface area contributed by atoms with Gasteiger partial charge in [0.1, 0.15) is 11.5 Å². The van der Waals surface area contributed by atoms with Crippen LogP contribution < -0.4 is 10.2 Å². The average molecular weight is 446 g/mol. The molecule has 6 heteroatoms. The van der Waals surface area contributed by atoms with E-state index in [0.717, 1.165) is 25.7 Å². The highest BCUT2D eigenvalue weighted by Crippen LogP contribution is 2.25. The van der Waals surface area contributed by atoms with Gasteiger partial charge >= 0.3 is 0 Å². The number of aromatic hydroxyl groups is 1. The number of phenols is 1. The number of hydrogen-bond acceptors (Lipinski definition) is 4. The van der Waals surface area contributed by atoms with Crippen LogP contribution in [0.4, 0.5) is 0 Å². The number of fused-ring (bicyclic) bond motifs is 1. The molecule has 3 aromatic rings. The summed E-state index contributed by atoms with van der Waals surface area (Å²) in [5, 5.41) is 15.8. The Hall–Kier alpha value is -2.61. The third-order valence-corrected chi connectivity index (χ3v) is 4.51. The second kappa shape index (κ2) is 7.52. The molecule has 0 radical (unpaired) electrons. The van der Waals surface area contributed by atoms with Crippen molar-refractivity contribution in [2.24, 2.45) is 5.10 Å². The first-order valence-corrected chi connectivity index (χ1v) is 8.55. The molecule has 0 aliphatic heterocycles. The highest BCUT2D eigenvalue weighted by molar-refractivity contribution is 14.1. The van der Waals surface area contributed by atoms with E-state index in [2.05, 4.69) is 33.1 Å². The van der Waals surface area contributed by atoms with Crippen LogP contribution in [0, 0.1) is 3.57 Å². The van der Waals surface area contributed by atoms with E-state index in [1.165, 1.54) is 6.21 Å². The molecule has 5 nitrogen and oxygen atoms in total. The Kier molecular flexibility index (Phi) is 5.18.